The molecule has 0 bridgehead atoms. The predicted octanol–water partition coefficient (Wildman–Crippen LogP) is 9.80. The number of ether oxygens (including phenoxy) is 1. The molecule has 0 unspecified atom stereocenters. The van der Waals surface area contributed by atoms with E-state index in [1.807, 2.05) is 7.05 Å². The Kier molecular flexibility index (Phi) is 46.5. The van der Waals surface area contributed by atoms with Crippen molar-refractivity contribution in [2.24, 2.45) is 17.8 Å². The van der Waals surface area contributed by atoms with Crippen LogP contribution in [0.4, 0.5) is 0 Å². The Bertz CT molecular complexity index is 346. The highest BCUT2D eigenvalue weighted by Crippen LogP contribution is 2.15. The number of amides is 1. The summed E-state index contributed by atoms with van der Waals surface area (Å²) in [6, 6.07) is 0. The zero-order valence-corrected chi connectivity index (χ0v) is 22.9. The van der Waals surface area contributed by atoms with Crippen LogP contribution in [0.1, 0.15) is 149 Å². The van der Waals surface area contributed by atoms with Crippen LogP contribution in [0.3, 0.4) is 0 Å². The van der Waals surface area contributed by atoms with Crippen molar-refractivity contribution in [2.75, 3.05) is 20.2 Å². The number of esters is 1. The van der Waals surface area contributed by atoms with Crippen LogP contribution in [0.15, 0.2) is 0 Å². The van der Waals surface area contributed by atoms with Gasteiger partial charge in [-0.1, -0.05) is 123 Å². The Morgan fingerprint density at radius 2 is 0.912 bits per heavy atom. The van der Waals surface area contributed by atoms with Crippen molar-refractivity contribution in [1.82, 2.24) is 4.90 Å². The van der Waals surface area contributed by atoms with Gasteiger partial charge < -0.3 is 9.64 Å². The first-order valence-corrected chi connectivity index (χ1v) is 12.8. The lowest BCUT2D eigenvalue weighted by molar-refractivity contribution is -0.138. The van der Waals surface area contributed by atoms with Gasteiger partial charge in [0, 0.05) is 26.4 Å². The van der Waals surface area contributed by atoms with Gasteiger partial charge in [-0.05, 0) is 30.6 Å². The molecular weight excluding hydrogens is 422 g/mol. The van der Waals surface area contributed by atoms with Crippen molar-refractivity contribution in [3.8, 4) is 0 Å². The lowest BCUT2D eigenvalue weighted by atomic mass is 10.0. The van der Waals surface area contributed by atoms with Crippen LogP contribution in [0.25, 0.3) is 0 Å². The number of carbonyl (C=O) groups excluding carboxylic acids is 2. The predicted molar refractivity (Wildman–Crippen MR) is 156 cm³/mol. The highest BCUT2D eigenvalue weighted by atomic mass is 16.5. The highest BCUT2D eigenvalue weighted by molar-refractivity contribution is 5.77. The number of likely N-dealkylation sites (tertiary alicyclic amines) is 1. The van der Waals surface area contributed by atoms with Crippen LogP contribution in [0.5, 0.6) is 0 Å². The lowest BCUT2D eigenvalue weighted by Crippen LogP contribution is -2.17. The number of rotatable bonds is 0. The summed E-state index contributed by atoms with van der Waals surface area (Å²) < 4.78 is 4.51. The largest absolute Gasteiger partial charge is 0.466 e. The lowest BCUT2D eigenvalue weighted by Gasteiger charge is -2.05. The van der Waals surface area contributed by atoms with Gasteiger partial charge in [0.1, 0.15) is 0 Å². The molecule has 0 aromatic rings. The molecular formula is C30H69NO3. The molecule has 34 heavy (non-hydrogen) atoms. The summed E-state index contributed by atoms with van der Waals surface area (Å²) in [6.07, 6.45) is 12.4. The van der Waals surface area contributed by atoms with E-state index >= 15 is 0 Å². The average Bonchev–Trinajstić information content (AvgIpc) is 3.27. The van der Waals surface area contributed by atoms with Crippen molar-refractivity contribution in [3.63, 3.8) is 0 Å². The summed E-state index contributed by atoms with van der Waals surface area (Å²) >= 11 is 0. The van der Waals surface area contributed by atoms with E-state index in [1.165, 1.54) is 38.5 Å². The molecule has 0 atom stereocenters. The van der Waals surface area contributed by atoms with E-state index in [2.05, 4.69) is 67.1 Å². The molecule has 3 aliphatic rings. The molecule has 0 aromatic carbocycles. The molecule has 1 saturated carbocycles. The van der Waals surface area contributed by atoms with Gasteiger partial charge in [-0.25, -0.2) is 0 Å². The van der Waals surface area contributed by atoms with Crippen LogP contribution in [-0.4, -0.2) is 37.0 Å². The van der Waals surface area contributed by atoms with Gasteiger partial charge in [0.2, 0.25) is 5.91 Å². The van der Waals surface area contributed by atoms with Crippen molar-refractivity contribution in [2.45, 2.75) is 149 Å². The van der Waals surface area contributed by atoms with Crippen LogP contribution < -0.4 is 0 Å². The first-order valence-electron chi connectivity index (χ1n) is 12.8. The van der Waals surface area contributed by atoms with Crippen molar-refractivity contribution in [3.05, 3.63) is 0 Å². The molecule has 4 nitrogen and oxygen atoms in total. The average molecular weight is 492 g/mol. The molecule has 0 N–H and O–H groups in total. The zero-order valence-electron chi connectivity index (χ0n) is 22.9. The molecule has 4 heteroatoms. The van der Waals surface area contributed by atoms with Gasteiger partial charge >= 0.3 is 5.97 Å². The van der Waals surface area contributed by atoms with Gasteiger partial charge in [-0.3, -0.25) is 9.59 Å². The van der Waals surface area contributed by atoms with Gasteiger partial charge in [0.25, 0.3) is 0 Å². The SMILES string of the molecule is C.C.C.C1CCCCC1.CC(C)C.CC(C)C.CC(C)C.CN1CCCC1=O.O=C1CCCO1. The fraction of sp³-hybridized carbons (Fsp3) is 0.933. The second kappa shape index (κ2) is 34.1. The fourth-order valence-corrected chi connectivity index (χ4v) is 2.32. The van der Waals surface area contributed by atoms with Gasteiger partial charge in [0.15, 0.2) is 0 Å². The monoisotopic (exact) mass is 492 g/mol. The maximum Gasteiger partial charge on any atom is 0.305 e. The van der Waals surface area contributed by atoms with E-state index in [0.29, 0.717) is 18.9 Å². The number of hydrogen-bond acceptors (Lipinski definition) is 3. The Hall–Kier alpha value is -1.06. The summed E-state index contributed by atoms with van der Waals surface area (Å²) in [4.78, 5) is 22.3. The number of nitrogens with zero attached hydrogens (tertiary/aromatic N) is 1. The Morgan fingerprint density at radius 3 is 1.00 bits per heavy atom. The third-order valence-electron chi connectivity index (χ3n) is 3.60. The quantitative estimate of drug-likeness (QED) is 0.317. The van der Waals surface area contributed by atoms with Crippen molar-refractivity contribution >= 4 is 11.9 Å². The summed E-state index contributed by atoms with van der Waals surface area (Å²) in [5.41, 5.74) is 0. The normalized spacial score (nSPS) is 15.5. The Morgan fingerprint density at radius 1 is 0.588 bits per heavy atom. The van der Waals surface area contributed by atoms with E-state index in [-0.39, 0.29) is 28.2 Å². The number of cyclic esters (lactones) is 1. The van der Waals surface area contributed by atoms with E-state index < -0.39 is 0 Å². The summed E-state index contributed by atoms with van der Waals surface area (Å²) in [5.74, 6) is 2.75. The van der Waals surface area contributed by atoms with Crippen molar-refractivity contribution < 1.29 is 14.3 Å². The molecule has 1 amide bonds. The van der Waals surface area contributed by atoms with Crippen LogP contribution in [-0.2, 0) is 14.3 Å². The van der Waals surface area contributed by atoms with Crippen LogP contribution in [0, 0.1) is 17.8 Å². The first-order chi connectivity index (χ1) is 14.4. The third-order valence-corrected chi connectivity index (χ3v) is 3.60. The summed E-state index contributed by atoms with van der Waals surface area (Å²) in [6.45, 7) is 21.1. The summed E-state index contributed by atoms with van der Waals surface area (Å²) in [7, 11) is 1.84. The number of hydrogen-bond donors (Lipinski definition) is 0. The molecule has 3 rings (SSSR count). The molecule has 0 aromatic heterocycles. The van der Waals surface area contributed by atoms with E-state index in [4.69, 9.17) is 0 Å². The molecule has 2 heterocycles. The van der Waals surface area contributed by atoms with Gasteiger partial charge in [-0.15, -0.1) is 0 Å². The standard InChI is InChI=1S/C6H12.C5H9NO.C4H6O2.3C4H10.3CH4/c1-2-4-6-5-3-1;1-6-4-2-3-5(6)7;5-4-2-1-3-6-4;3*1-4(2)3;;;/h1-6H2;2-4H2,1H3;1-3H2;3*4H,1-3H3;3*1H4. The zero-order chi connectivity index (χ0) is 24.7. The fourth-order valence-electron chi connectivity index (χ4n) is 2.32. The Balaban J connectivity index is -0.0000000691. The topological polar surface area (TPSA) is 46.6 Å². The van der Waals surface area contributed by atoms with Gasteiger partial charge in [0.05, 0.1) is 6.61 Å². The number of carbonyl (C=O) groups is 2. The molecule has 2 saturated heterocycles. The second-order valence-electron chi connectivity index (χ2n) is 10.6. The molecule has 0 spiro atoms. The van der Waals surface area contributed by atoms with Crippen molar-refractivity contribution in [1.29, 1.82) is 0 Å². The third kappa shape index (κ3) is 57.6. The second-order valence-corrected chi connectivity index (χ2v) is 10.6. The first kappa shape index (κ1) is 46.3. The van der Waals surface area contributed by atoms with Crippen LogP contribution in [0.2, 0.25) is 0 Å². The van der Waals surface area contributed by atoms with E-state index in [9.17, 15) is 9.59 Å². The minimum Gasteiger partial charge on any atom is -0.466 e. The molecule has 212 valence electrons. The summed E-state index contributed by atoms with van der Waals surface area (Å²) in [5, 5.41) is 0. The van der Waals surface area contributed by atoms with Crippen LogP contribution >= 0.6 is 0 Å². The minimum absolute atomic E-state index is 0. The van der Waals surface area contributed by atoms with Gasteiger partial charge in [-0.2, -0.15) is 0 Å². The van der Waals surface area contributed by atoms with E-state index in [0.717, 1.165) is 43.6 Å². The van der Waals surface area contributed by atoms with E-state index in [1.54, 1.807) is 4.90 Å². The highest BCUT2D eigenvalue weighted by Gasteiger charge is 2.14. The molecule has 1 aliphatic carbocycles. The smallest absolute Gasteiger partial charge is 0.305 e. The molecule has 0 radical (unpaired) electrons. The minimum atomic E-state index is -0.0463. The molecule has 3 fully saturated rings. The maximum atomic E-state index is 10.5. The Labute approximate surface area is 218 Å². The molecule has 2 aliphatic heterocycles. The maximum absolute atomic E-state index is 10.5.